The van der Waals surface area contributed by atoms with E-state index < -0.39 is 23.4 Å². The maximum atomic E-state index is 14.6. The third-order valence-electron chi connectivity index (χ3n) is 9.70. The number of hydrogen-bond acceptors (Lipinski definition) is 2. The summed E-state index contributed by atoms with van der Waals surface area (Å²) >= 11 is 0. The number of hydrogen-bond donors (Lipinski definition) is 0. The van der Waals surface area contributed by atoms with Crippen molar-refractivity contribution in [3.63, 3.8) is 0 Å². The molecule has 0 spiro atoms. The van der Waals surface area contributed by atoms with Gasteiger partial charge in [-0.05, 0) is 83.3 Å². The summed E-state index contributed by atoms with van der Waals surface area (Å²) in [5.41, 5.74) is 5.27. The Labute approximate surface area is 298 Å². The molecule has 0 saturated carbocycles. The molecule has 5 rings (SSSR count). The molecule has 1 amide bonds. The minimum atomic E-state index is -4.40. The molecule has 4 aromatic rings. The number of fused-ring (bicyclic) bond motifs is 1. The first-order valence-corrected chi connectivity index (χ1v) is 17.7. The predicted molar refractivity (Wildman–Crippen MR) is 196 cm³/mol. The van der Waals surface area contributed by atoms with Crippen molar-refractivity contribution in [1.82, 2.24) is 4.90 Å². The van der Waals surface area contributed by atoms with Gasteiger partial charge in [-0.3, -0.25) is 4.79 Å². The van der Waals surface area contributed by atoms with Crippen LogP contribution in [0.4, 0.5) is 27.6 Å². The average Bonchev–Trinajstić information content (AvgIpc) is 3.12. The number of rotatable bonds is 15. The molecule has 0 radical (unpaired) electrons. The minimum absolute atomic E-state index is 0.0524. The smallest absolute Gasteiger partial charge is 0.337 e. The fourth-order valence-electron chi connectivity index (χ4n) is 6.67. The number of para-hydroxylation sites is 1. The highest BCUT2D eigenvalue weighted by molar-refractivity contribution is 5.90. The summed E-state index contributed by atoms with van der Waals surface area (Å²) in [6, 6.07) is 24.6. The van der Waals surface area contributed by atoms with Crippen molar-refractivity contribution < 1.29 is 26.7 Å². The number of aryl methyl sites for hydroxylation is 1. The molecular weight excluding hydrogens is 655 g/mol. The Morgan fingerprint density at radius 2 is 1.53 bits per heavy atom. The van der Waals surface area contributed by atoms with Gasteiger partial charge in [0.1, 0.15) is 6.54 Å². The van der Waals surface area contributed by atoms with Crippen molar-refractivity contribution in [2.75, 3.05) is 18.0 Å². The maximum absolute atomic E-state index is 14.6. The summed E-state index contributed by atoms with van der Waals surface area (Å²) in [5.74, 6) is -1.51. The topological polar surface area (TPSA) is 23.6 Å². The Bertz CT molecular complexity index is 1830. The van der Waals surface area contributed by atoms with Gasteiger partial charge in [-0.2, -0.15) is 13.2 Å². The second-order valence-electron chi connectivity index (χ2n) is 13.3. The maximum Gasteiger partial charge on any atom is 0.416 e. The second-order valence-corrected chi connectivity index (χ2v) is 13.3. The lowest BCUT2D eigenvalue weighted by molar-refractivity contribution is -0.137. The molecule has 3 nitrogen and oxygen atoms in total. The number of halogens is 5. The number of anilines is 1. The monoisotopic (exact) mass is 700 g/mol. The van der Waals surface area contributed by atoms with Crippen LogP contribution in [0.2, 0.25) is 0 Å². The van der Waals surface area contributed by atoms with Gasteiger partial charge in [-0.15, -0.1) is 0 Å². The molecule has 268 valence electrons. The molecule has 8 heteroatoms. The van der Waals surface area contributed by atoms with Crippen LogP contribution < -0.4 is 4.90 Å². The molecule has 1 aliphatic heterocycles. The highest BCUT2D eigenvalue weighted by atomic mass is 19.4. The molecule has 0 N–H and O–H groups in total. The van der Waals surface area contributed by atoms with Gasteiger partial charge in [0, 0.05) is 30.0 Å². The Morgan fingerprint density at radius 3 is 2.20 bits per heavy atom. The summed E-state index contributed by atoms with van der Waals surface area (Å²) in [6.07, 6.45) is 3.42. The average molecular weight is 701 g/mol. The van der Waals surface area contributed by atoms with Gasteiger partial charge in [0.25, 0.3) is 0 Å². The Balaban J connectivity index is 1.40. The van der Waals surface area contributed by atoms with Gasteiger partial charge in [0.2, 0.25) is 5.91 Å². The second kappa shape index (κ2) is 17.0. The zero-order valence-corrected chi connectivity index (χ0v) is 29.3. The van der Waals surface area contributed by atoms with Gasteiger partial charge >= 0.3 is 6.18 Å². The number of carbonyl (C=O) groups excluding carboxylic acids is 1. The summed E-state index contributed by atoms with van der Waals surface area (Å²) in [4.78, 5) is 18.3. The van der Waals surface area contributed by atoms with Crippen LogP contribution in [0.15, 0.2) is 109 Å². The van der Waals surface area contributed by atoms with E-state index in [4.69, 9.17) is 0 Å². The van der Waals surface area contributed by atoms with Crippen LogP contribution in [0.1, 0.15) is 74.6 Å². The van der Waals surface area contributed by atoms with E-state index in [0.717, 1.165) is 84.0 Å². The normalized spacial score (nSPS) is 13.5. The van der Waals surface area contributed by atoms with Gasteiger partial charge in [0.05, 0.1) is 5.56 Å². The largest absolute Gasteiger partial charge is 0.416 e. The van der Waals surface area contributed by atoms with E-state index in [2.05, 4.69) is 20.4 Å². The lowest BCUT2D eigenvalue weighted by Crippen LogP contribution is -2.42. The SMILES string of the molecule is C=C1C=C(CCc2cccc(F)c2F)N(CC(=O)N(Cc2ccc(-c3ccc(C(F)(F)F)cc3)cc2)CC(CC)CCCCC)c2ccccc21. The number of amides is 1. The molecule has 0 bridgehead atoms. The van der Waals surface area contributed by atoms with Crippen molar-refractivity contribution in [2.24, 2.45) is 5.92 Å². The zero-order valence-electron chi connectivity index (χ0n) is 29.3. The lowest BCUT2D eigenvalue weighted by Gasteiger charge is -2.36. The fraction of sp³-hybridized carbons (Fsp3) is 0.326. The summed E-state index contributed by atoms with van der Waals surface area (Å²) < 4.78 is 67.9. The van der Waals surface area contributed by atoms with Crippen molar-refractivity contribution in [2.45, 2.75) is 71.5 Å². The molecule has 1 unspecified atom stereocenters. The van der Waals surface area contributed by atoms with Crippen LogP contribution in [0.25, 0.3) is 16.7 Å². The zero-order chi connectivity index (χ0) is 36.5. The van der Waals surface area contributed by atoms with Crippen LogP contribution in [0.5, 0.6) is 0 Å². The molecular formula is C43H45F5N2O. The van der Waals surface area contributed by atoms with Crippen LogP contribution in [0, 0.1) is 17.6 Å². The number of carbonyl (C=O) groups is 1. The number of allylic oxidation sites excluding steroid dienone is 3. The first-order valence-electron chi connectivity index (χ1n) is 17.7. The highest BCUT2D eigenvalue weighted by Crippen LogP contribution is 2.37. The summed E-state index contributed by atoms with van der Waals surface area (Å²) in [5, 5.41) is 0. The third kappa shape index (κ3) is 9.54. The van der Waals surface area contributed by atoms with E-state index in [9.17, 15) is 26.7 Å². The van der Waals surface area contributed by atoms with E-state index >= 15 is 0 Å². The van der Waals surface area contributed by atoms with Gasteiger partial charge in [0.15, 0.2) is 11.6 Å². The molecule has 4 aromatic carbocycles. The molecule has 0 aliphatic carbocycles. The van der Waals surface area contributed by atoms with E-state index in [1.54, 1.807) is 6.07 Å². The number of benzene rings is 4. The standard InChI is InChI=1S/C43H45F5N2O/c1-4-6-7-11-31(5-2)27-49(28-32-16-18-33(19-17-32)34-20-23-36(24-21-34)43(46,47)48)41(51)29-50-37(25-22-35-12-10-14-39(44)42(35)45)26-30(3)38-13-8-9-15-40(38)50/h8-10,12-21,23-24,26,31H,3-7,11,22,25,27-29H2,1-2H3. The van der Waals surface area contributed by atoms with Crippen molar-refractivity contribution in [3.8, 4) is 11.1 Å². The number of alkyl halides is 3. The minimum Gasteiger partial charge on any atom is -0.337 e. The Hall–Kier alpha value is -4.72. The first-order chi connectivity index (χ1) is 24.5. The molecule has 0 aromatic heterocycles. The molecule has 0 saturated heterocycles. The van der Waals surface area contributed by atoms with Crippen molar-refractivity contribution in [1.29, 1.82) is 0 Å². The van der Waals surface area contributed by atoms with E-state index in [1.165, 1.54) is 18.2 Å². The summed E-state index contributed by atoms with van der Waals surface area (Å²) in [6.45, 7) is 9.56. The van der Waals surface area contributed by atoms with Crippen LogP contribution in [0.3, 0.4) is 0 Å². The molecule has 1 atom stereocenters. The van der Waals surface area contributed by atoms with Crippen LogP contribution >= 0.6 is 0 Å². The molecule has 51 heavy (non-hydrogen) atoms. The van der Waals surface area contributed by atoms with Gasteiger partial charge < -0.3 is 9.80 Å². The van der Waals surface area contributed by atoms with Gasteiger partial charge in [-0.25, -0.2) is 8.78 Å². The van der Waals surface area contributed by atoms with E-state index in [1.807, 2.05) is 64.4 Å². The van der Waals surface area contributed by atoms with Crippen LogP contribution in [-0.2, 0) is 23.9 Å². The first kappa shape index (κ1) is 37.5. The third-order valence-corrected chi connectivity index (χ3v) is 9.70. The Kier molecular flexibility index (Phi) is 12.5. The number of nitrogens with zero attached hydrogens (tertiary/aromatic N) is 2. The van der Waals surface area contributed by atoms with Gasteiger partial charge in [-0.1, -0.05) is 113 Å². The fourth-order valence-corrected chi connectivity index (χ4v) is 6.67. The van der Waals surface area contributed by atoms with Crippen molar-refractivity contribution >= 4 is 17.2 Å². The lowest BCUT2D eigenvalue weighted by atomic mass is 9.95. The molecule has 0 fully saturated rings. The molecule has 1 aliphatic rings. The molecule has 1 heterocycles. The Morgan fingerprint density at radius 1 is 0.843 bits per heavy atom. The van der Waals surface area contributed by atoms with Crippen molar-refractivity contribution in [3.05, 3.63) is 143 Å². The van der Waals surface area contributed by atoms with Crippen LogP contribution in [-0.4, -0.2) is 23.9 Å². The van der Waals surface area contributed by atoms with E-state index in [-0.39, 0.29) is 24.4 Å². The number of unbranched alkanes of at least 4 members (excludes halogenated alkanes) is 2. The quantitative estimate of drug-likeness (QED) is 0.0910. The summed E-state index contributed by atoms with van der Waals surface area (Å²) in [7, 11) is 0. The van der Waals surface area contributed by atoms with E-state index in [0.29, 0.717) is 31.0 Å². The highest BCUT2D eigenvalue weighted by Gasteiger charge is 2.30. The predicted octanol–water partition coefficient (Wildman–Crippen LogP) is 11.6.